The monoisotopic (exact) mass is 264 g/mol. The van der Waals surface area contributed by atoms with Crippen LogP contribution in [-0.4, -0.2) is 14.8 Å². The van der Waals surface area contributed by atoms with Crippen molar-refractivity contribution >= 4 is 5.82 Å². The van der Waals surface area contributed by atoms with Gasteiger partial charge in [0.2, 0.25) is 0 Å². The van der Waals surface area contributed by atoms with Crippen molar-refractivity contribution in [3.63, 3.8) is 0 Å². The lowest BCUT2D eigenvalue weighted by molar-refractivity contribution is 0.781. The summed E-state index contributed by atoms with van der Waals surface area (Å²) >= 11 is 0. The first-order chi connectivity index (χ1) is 9.75. The smallest absolute Gasteiger partial charge is 0.125 e. The summed E-state index contributed by atoms with van der Waals surface area (Å²) in [5.74, 6) is 0.702. The Labute approximate surface area is 117 Å². The zero-order valence-corrected chi connectivity index (χ0v) is 11.3. The van der Waals surface area contributed by atoms with Crippen LogP contribution in [0.25, 0.3) is 11.3 Å². The molecule has 3 aromatic rings. The van der Waals surface area contributed by atoms with Crippen molar-refractivity contribution in [2.45, 2.75) is 6.42 Å². The molecule has 0 aliphatic heterocycles. The quantitative estimate of drug-likeness (QED) is 0.791. The third-order valence-corrected chi connectivity index (χ3v) is 3.35. The summed E-state index contributed by atoms with van der Waals surface area (Å²) < 4.78 is 1.72. The van der Waals surface area contributed by atoms with E-state index < -0.39 is 0 Å². The molecule has 0 amide bonds. The fourth-order valence-corrected chi connectivity index (χ4v) is 2.29. The fraction of sp³-hybridized carbons (Fsp3) is 0.125. The van der Waals surface area contributed by atoms with Gasteiger partial charge in [-0.15, -0.1) is 0 Å². The van der Waals surface area contributed by atoms with Crippen LogP contribution < -0.4 is 5.73 Å². The number of aryl methyl sites for hydroxylation is 1. The van der Waals surface area contributed by atoms with Crippen LogP contribution in [0, 0.1) is 0 Å². The van der Waals surface area contributed by atoms with Crippen LogP contribution in [0.5, 0.6) is 0 Å². The normalized spacial score (nSPS) is 10.7. The number of hydrogen-bond donors (Lipinski definition) is 1. The molecule has 0 saturated carbocycles. The molecule has 0 aliphatic rings. The first-order valence-electron chi connectivity index (χ1n) is 6.51. The Morgan fingerprint density at radius 2 is 1.90 bits per heavy atom. The van der Waals surface area contributed by atoms with E-state index in [-0.39, 0.29) is 0 Å². The third-order valence-electron chi connectivity index (χ3n) is 3.35. The van der Waals surface area contributed by atoms with Crippen molar-refractivity contribution in [3.8, 4) is 11.3 Å². The Balaban J connectivity index is 2.06. The molecule has 20 heavy (non-hydrogen) atoms. The van der Waals surface area contributed by atoms with Crippen LogP contribution >= 0.6 is 0 Å². The van der Waals surface area contributed by atoms with Crippen molar-refractivity contribution in [1.29, 1.82) is 0 Å². The van der Waals surface area contributed by atoms with Crippen LogP contribution in [-0.2, 0) is 13.5 Å². The molecule has 1 aromatic carbocycles. The lowest BCUT2D eigenvalue weighted by Gasteiger charge is -2.04. The number of aromatic nitrogens is 3. The second kappa shape index (κ2) is 5.17. The van der Waals surface area contributed by atoms with E-state index in [4.69, 9.17) is 5.73 Å². The van der Waals surface area contributed by atoms with Crippen LogP contribution in [0.15, 0.2) is 54.9 Å². The molecule has 0 fully saturated rings. The maximum Gasteiger partial charge on any atom is 0.125 e. The van der Waals surface area contributed by atoms with E-state index in [2.05, 4.69) is 22.2 Å². The van der Waals surface area contributed by atoms with E-state index in [0.29, 0.717) is 5.82 Å². The van der Waals surface area contributed by atoms with Crippen LogP contribution in [0.4, 0.5) is 5.82 Å². The molecule has 2 heterocycles. The number of nitrogens with zero attached hydrogens (tertiary/aromatic N) is 3. The topological polar surface area (TPSA) is 56.7 Å². The molecule has 0 saturated heterocycles. The molecule has 0 atom stereocenters. The summed E-state index contributed by atoms with van der Waals surface area (Å²) in [4.78, 5) is 4.16. The van der Waals surface area contributed by atoms with Gasteiger partial charge in [-0.05, 0) is 17.7 Å². The standard InChI is InChI=1S/C16H16N4/c1-20-16(17)14(10-12-6-3-2-4-7-12)15(19-20)13-8-5-9-18-11-13/h2-9,11H,10,17H2,1H3. The molecule has 0 aliphatic carbocycles. The number of hydrogen-bond acceptors (Lipinski definition) is 3. The molecule has 2 aromatic heterocycles. The summed E-state index contributed by atoms with van der Waals surface area (Å²) in [6.07, 6.45) is 4.34. The predicted octanol–water partition coefficient (Wildman–Crippen LogP) is 2.66. The van der Waals surface area contributed by atoms with E-state index >= 15 is 0 Å². The van der Waals surface area contributed by atoms with Crippen molar-refractivity contribution in [3.05, 3.63) is 66.0 Å². The highest BCUT2D eigenvalue weighted by atomic mass is 15.3. The molecule has 0 radical (unpaired) electrons. The van der Waals surface area contributed by atoms with Gasteiger partial charge in [-0.25, -0.2) is 0 Å². The van der Waals surface area contributed by atoms with Gasteiger partial charge in [0.1, 0.15) is 5.82 Å². The fourth-order valence-electron chi connectivity index (χ4n) is 2.29. The van der Waals surface area contributed by atoms with Gasteiger partial charge in [0.05, 0.1) is 5.69 Å². The van der Waals surface area contributed by atoms with E-state index in [1.54, 1.807) is 10.9 Å². The number of benzene rings is 1. The van der Waals surface area contributed by atoms with Gasteiger partial charge in [0.25, 0.3) is 0 Å². The van der Waals surface area contributed by atoms with E-state index in [9.17, 15) is 0 Å². The highest BCUT2D eigenvalue weighted by Gasteiger charge is 2.15. The van der Waals surface area contributed by atoms with Crippen LogP contribution in [0.2, 0.25) is 0 Å². The molecule has 100 valence electrons. The molecule has 4 heteroatoms. The number of anilines is 1. The number of nitrogens with two attached hydrogens (primary N) is 1. The van der Waals surface area contributed by atoms with Gasteiger partial charge < -0.3 is 5.73 Å². The molecule has 2 N–H and O–H groups in total. The summed E-state index contributed by atoms with van der Waals surface area (Å²) in [5, 5.41) is 4.53. The lowest BCUT2D eigenvalue weighted by atomic mass is 10.0. The Bertz CT molecular complexity index is 702. The minimum atomic E-state index is 0.702. The van der Waals surface area contributed by atoms with Gasteiger partial charge in [0, 0.05) is 37.0 Å². The largest absolute Gasteiger partial charge is 0.384 e. The van der Waals surface area contributed by atoms with Crippen molar-refractivity contribution < 1.29 is 0 Å². The van der Waals surface area contributed by atoms with E-state index in [0.717, 1.165) is 23.2 Å². The first kappa shape index (κ1) is 12.4. The summed E-state index contributed by atoms with van der Waals surface area (Å²) in [6, 6.07) is 14.2. The van der Waals surface area contributed by atoms with Crippen molar-refractivity contribution in [2.75, 3.05) is 5.73 Å². The second-order valence-corrected chi connectivity index (χ2v) is 4.74. The molecule has 0 unspecified atom stereocenters. The van der Waals surface area contributed by atoms with Crippen molar-refractivity contribution in [1.82, 2.24) is 14.8 Å². The molecular weight excluding hydrogens is 248 g/mol. The van der Waals surface area contributed by atoms with Gasteiger partial charge in [-0.3, -0.25) is 9.67 Å². The minimum Gasteiger partial charge on any atom is -0.384 e. The van der Waals surface area contributed by atoms with E-state index in [1.165, 1.54) is 5.56 Å². The molecule has 3 rings (SSSR count). The average molecular weight is 264 g/mol. The molecule has 4 nitrogen and oxygen atoms in total. The van der Waals surface area contributed by atoms with Gasteiger partial charge >= 0.3 is 0 Å². The highest BCUT2D eigenvalue weighted by Crippen LogP contribution is 2.28. The van der Waals surface area contributed by atoms with Gasteiger partial charge in [-0.1, -0.05) is 30.3 Å². The number of rotatable bonds is 3. The number of nitrogen functional groups attached to an aromatic ring is 1. The summed E-state index contributed by atoms with van der Waals surface area (Å²) in [6.45, 7) is 0. The Hall–Kier alpha value is -2.62. The highest BCUT2D eigenvalue weighted by molar-refractivity contribution is 5.68. The van der Waals surface area contributed by atoms with Crippen LogP contribution in [0.1, 0.15) is 11.1 Å². The summed E-state index contributed by atoms with van der Waals surface area (Å²) in [5.41, 5.74) is 10.3. The van der Waals surface area contributed by atoms with Crippen molar-refractivity contribution in [2.24, 2.45) is 7.05 Å². The maximum atomic E-state index is 6.17. The lowest BCUT2D eigenvalue weighted by Crippen LogP contribution is -2.00. The van der Waals surface area contributed by atoms with E-state index in [1.807, 2.05) is 43.6 Å². The third kappa shape index (κ3) is 2.28. The minimum absolute atomic E-state index is 0.702. The molecule has 0 bridgehead atoms. The zero-order valence-electron chi connectivity index (χ0n) is 11.3. The number of pyridine rings is 1. The predicted molar refractivity (Wildman–Crippen MR) is 80.1 cm³/mol. The van der Waals surface area contributed by atoms with Crippen LogP contribution in [0.3, 0.4) is 0 Å². The molecule has 0 spiro atoms. The Morgan fingerprint density at radius 1 is 1.10 bits per heavy atom. The average Bonchev–Trinajstić information content (AvgIpc) is 2.78. The second-order valence-electron chi connectivity index (χ2n) is 4.74. The summed E-state index contributed by atoms with van der Waals surface area (Å²) in [7, 11) is 1.86. The van der Waals surface area contributed by atoms with Gasteiger partial charge in [-0.2, -0.15) is 5.10 Å². The SMILES string of the molecule is Cn1nc(-c2cccnc2)c(Cc2ccccc2)c1N. The zero-order chi connectivity index (χ0) is 13.9. The maximum absolute atomic E-state index is 6.17. The van der Waals surface area contributed by atoms with Gasteiger partial charge in [0.15, 0.2) is 0 Å². The Morgan fingerprint density at radius 3 is 2.60 bits per heavy atom. The first-order valence-corrected chi connectivity index (χ1v) is 6.51. The molecular formula is C16H16N4. The Kier molecular flexibility index (Phi) is 3.21.